The van der Waals surface area contributed by atoms with Gasteiger partial charge in [0, 0.05) is 26.1 Å². The molecule has 1 aliphatic heterocycles. The molecule has 0 radical (unpaired) electrons. The highest BCUT2D eigenvalue weighted by Gasteiger charge is 2.33. The number of nitrogens with zero attached hydrogens (tertiary/aromatic N) is 2. The minimum atomic E-state index is -3.87. The van der Waals surface area contributed by atoms with Crippen molar-refractivity contribution in [2.24, 2.45) is 0 Å². The van der Waals surface area contributed by atoms with Gasteiger partial charge in [-0.25, -0.2) is 8.42 Å². The number of anilines is 1. The molecule has 1 heterocycles. The van der Waals surface area contributed by atoms with Crippen LogP contribution in [0.25, 0.3) is 0 Å². The summed E-state index contributed by atoms with van der Waals surface area (Å²) < 4.78 is 38.0. The number of sulfonamides is 1. The molecule has 0 saturated heterocycles. The van der Waals surface area contributed by atoms with Crippen molar-refractivity contribution in [1.82, 2.24) is 10.2 Å². The summed E-state index contributed by atoms with van der Waals surface area (Å²) in [6.45, 7) is 2.34. The highest BCUT2D eigenvalue weighted by atomic mass is 32.2. The van der Waals surface area contributed by atoms with E-state index in [0.717, 1.165) is 27.3 Å². The Balaban J connectivity index is 1.70. The van der Waals surface area contributed by atoms with Crippen LogP contribution in [0.1, 0.15) is 16.7 Å². The van der Waals surface area contributed by atoms with Crippen LogP contribution in [0.5, 0.6) is 11.5 Å². The van der Waals surface area contributed by atoms with E-state index in [9.17, 15) is 18.0 Å². The van der Waals surface area contributed by atoms with Crippen molar-refractivity contribution in [2.75, 3.05) is 37.4 Å². The molecule has 39 heavy (non-hydrogen) atoms. The fraction of sp³-hybridized carbons (Fsp3) is 0.310. The Hall–Kier alpha value is -4.05. The van der Waals surface area contributed by atoms with E-state index in [4.69, 9.17) is 9.47 Å². The molecule has 1 aliphatic rings. The Labute approximate surface area is 229 Å². The van der Waals surface area contributed by atoms with E-state index >= 15 is 0 Å². The SMILES string of the molecule is CNC(=O)[C@@H](Cc1ccccc1)N(Cc1ccc(C)cc1)C(=O)CN(c1ccc2c(c1)OCCO2)S(C)(=O)=O. The predicted molar refractivity (Wildman–Crippen MR) is 149 cm³/mol. The van der Waals surface area contributed by atoms with Gasteiger partial charge in [-0.2, -0.15) is 0 Å². The molecule has 0 saturated carbocycles. The van der Waals surface area contributed by atoms with Gasteiger partial charge in [0.1, 0.15) is 25.8 Å². The molecule has 0 spiro atoms. The minimum absolute atomic E-state index is 0.128. The standard InChI is InChI=1S/C29H33N3O6S/c1-21-9-11-23(12-10-21)19-31(25(29(34)30-2)17-22-7-5-4-6-8-22)28(33)20-32(39(3,35)36)24-13-14-26-27(18-24)38-16-15-37-26/h4-14,18,25H,15-17,19-20H2,1-3H3,(H,30,34)/t25-/m1/s1. The lowest BCUT2D eigenvalue weighted by Gasteiger charge is -2.33. The van der Waals surface area contributed by atoms with E-state index in [1.54, 1.807) is 18.2 Å². The quantitative estimate of drug-likeness (QED) is 0.416. The van der Waals surface area contributed by atoms with Gasteiger partial charge in [-0.05, 0) is 30.2 Å². The third kappa shape index (κ3) is 7.08. The summed E-state index contributed by atoms with van der Waals surface area (Å²) in [6.07, 6.45) is 1.31. The number of ether oxygens (including phenoxy) is 2. The number of carbonyl (C=O) groups excluding carboxylic acids is 2. The molecule has 0 unspecified atom stereocenters. The fourth-order valence-corrected chi connectivity index (χ4v) is 5.25. The van der Waals surface area contributed by atoms with E-state index in [1.165, 1.54) is 11.9 Å². The number of fused-ring (bicyclic) bond motifs is 1. The zero-order valence-corrected chi connectivity index (χ0v) is 23.1. The number of carbonyl (C=O) groups is 2. The topological polar surface area (TPSA) is 105 Å². The maximum absolute atomic E-state index is 14.0. The molecular formula is C29H33N3O6S. The summed E-state index contributed by atoms with van der Waals surface area (Å²) in [5, 5.41) is 2.67. The first-order valence-corrected chi connectivity index (χ1v) is 14.5. The lowest BCUT2D eigenvalue weighted by Crippen LogP contribution is -2.52. The molecule has 0 fully saturated rings. The van der Waals surface area contributed by atoms with Crippen LogP contribution >= 0.6 is 0 Å². The van der Waals surface area contributed by atoms with Crippen LogP contribution in [0.3, 0.4) is 0 Å². The predicted octanol–water partition coefficient (Wildman–Crippen LogP) is 2.92. The number of nitrogens with one attached hydrogen (secondary N) is 1. The summed E-state index contributed by atoms with van der Waals surface area (Å²) in [7, 11) is -2.35. The van der Waals surface area contributed by atoms with Gasteiger partial charge < -0.3 is 19.7 Å². The number of hydrogen-bond acceptors (Lipinski definition) is 6. The molecule has 3 aromatic rings. The van der Waals surface area contributed by atoms with Crippen LogP contribution in [0.15, 0.2) is 72.8 Å². The van der Waals surface area contributed by atoms with E-state index in [1.807, 2.05) is 61.5 Å². The highest BCUT2D eigenvalue weighted by Crippen LogP contribution is 2.34. The van der Waals surface area contributed by atoms with Gasteiger partial charge in [0.25, 0.3) is 0 Å². The van der Waals surface area contributed by atoms with Crippen molar-refractivity contribution in [1.29, 1.82) is 0 Å². The number of hydrogen-bond donors (Lipinski definition) is 1. The summed E-state index contributed by atoms with van der Waals surface area (Å²) in [4.78, 5) is 28.6. The molecule has 0 aliphatic carbocycles. The first-order chi connectivity index (χ1) is 18.7. The Bertz CT molecular complexity index is 1410. The van der Waals surface area contributed by atoms with Crippen molar-refractivity contribution in [3.05, 3.63) is 89.5 Å². The van der Waals surface area contributed by atoms with Gasteiger partial charge in [-0.3, -0.25) is 13.9 Å². The lowest BCUT2D eigenvalue weighted by molar-refractivity contribution is -0.139. The van der Waals surface area contributed by atoms with Gasteiger partial charge >= 0.3 is 0 Å². The Kier molecular flexibility index (Phi) is 8.75. The van der Waals surface area contributed by atoms with Crippen LogP contribution in [0.2, 0.25) is 0 Å². The fourth-order valence-electron chi connectivity index (χ4n) is 4.41. The molecular weight excluding hydrogens is 518 g/mol. The van der Waals surface area contributed by atoms with Gasteiger partial charge in [-0.1, -0.05) is 60.2 Å². The normalized spacial score (nSPS) is 13.3. The maximum atomic E-state index is 14.0. The second-order valence-electron chi connectivity index (χ2n) is 9.42. The molecule has 10 heteroatoms. The average molecular weight is 552 g/mol. The first-order valence-electron chi connectivity index (χ1n) is 12.6. The molecule has 4 rings (SSSR count). The third-order valence-corrected chi connectivity index (χ3v) is 7.62. The van der Waals surface area contributed by atoms with E-state index in [2.05, 4.69) is 5.32 Å². The number of benzene rings is 3. The third-order valence-electron chi connectivity index (χ3n) is 6.48. The van der Waals surface area contributed by atoms with E-state index in [0.29, 0.717) is 24.7 Å². The zero-order valence-electron chi connectivity index (χ0n) is 22.3. The minimum Gasteiger partial charge on any atom is -0.486 e. The monoisotopic (exact) mass is 551 g/mol. The van der Waals surface area contributed by atoms with Crippen LogP contribution in [-0.2, 0) is 32.6 Å². The number of rotatable bonds is 10. The van der Waals surface area contributed by atoms with Gasteiger partial charge in [0.2, 0.25) is 21.8 Å². The molecule has 1 N–H and O–H groups in total. The molecule has 2 amide bonds. The van der Waals surface area contributed by atoms with E-state index < -0.39 is 28.5 Å². The second kappa shape index (κ2) is 12.2. The summed E-state index contributed by atoms with van der Waals surface area (Å²) >= 11 is 0. The molecule has 0 aromatic heterocycles. The van der Waals surface area contributed by atoms with Crippen LogP contribution in [0, 0.1) is 6.92 Å². The van der Waals surface area contributed by atoms with Crippen LogP contribution in [0.4, 0.5) is 5.69 Å². The van der Waals surface area contributed by atoms with Crippen molar-refractivity contribution in [3.63, 3.8) is 0 Å². The highest BCUT2D eigenvalue weighted by molar-refractivity contribution is 7.92. The molecule has 0 bridgehead atoms. The van der Waals surface area contributed by atoms with Crippen LogP contribution in [-0.4, -0.2) is 64.2 Å². The summed E-state index contributed by atoms with van der Waals surface area (Å²) in [5.74, 6) is 0.0574. The van der Waals surface area contributed by atoms with Gasteiger partial charge in [0.15, 0.2) is 11.5 Å². The summed E-state index contributed by atoms with van der Waals surface area (Å²) in [6, 6.07) is 20.9. The van der Waals surface area contributed by atoms with Crippen molar-refractivity contribution in [3.8, 4) is 11.5 Å². The van der Waals surface area contributed by atoms with E-state index in [-0.39, 0.29) is 24.6 Å². The smallest absolute Gasteiger partial charge is 0.244 e. The molecule has 1 atom stereocenters. The lowest BCUT2D eigenvalue weighted by atomic mass is 10.0. The van der Waals surface area contributed by atoms with Crippen molar-refractivity contribution < 1.29 is 27.5 Å². The Morgan fingerprint density at radius 3 is 2.23 bits per heavy atom. The average Bonchev–Trinajstić information content (AvgIpc) is 2.93. The van der Waals surface area contributed by atoms with Crippen LogP contribution < -0.4 is 19.1 Å². The van der Waals surface area contributed by atoms with Crippen molar-refractivity contribution >= 4 is 27.5 Å². The van der Waals surface area contributed by atoms with Gasteiger partial charge in [0.05, 0.1) is 11.9 Å². The Morgan fingerprint density at radius 1 is 0.923 bits per heavy atom. The first kappa shape index (κ1) is 28.0. The number of amides is 2. The Morgan fingerprint density at radius 2 is 1.59 bits per heavy atom. The largest absolute Gasteiger partial charge is 0.486 e. The molecule has 206 valence electrons. The molecule has 9 nitrogen and oxygen atoms in total. The number of aryl methyl sites for hydroxylation is 1. The number of likely N-dealkylation sites (N-methyl/N-ethyl adjacent to an activating group) is 1. The molecule has 3 aromatic carbocycles. The van der Waals surface area contributed by atoms with Crippen molar-refractivity contribution in [2.45, 2.75) is 25.9 Å². The second-order valence-corrected chi connectivity index (χ2v) is 11.3. The van der Waals surface area contributed by atoms with Gasteiger partial charge in [-0.15, -0.1) is 0 Å². The maximum Gasteiger partial charge on any atom is 0.244 e. The summed E-state index contributed by atoms with van der Waals surface area (Å²) in [5.41, 5.74) is 3.02. The zero-order chi connectivity index (χ0) is 28.0.